The minimum atomic E-state index is -0.0242. The van der Waals surface area contributed by atoms with Crippen molar-refractivity contribution in [3.05, 3.63) is 103 Å². The van der Waals surface area contributed by atoms with Crippen molar-refractivity contribution in [3.8, 4) is 0 Å². The largest absolute Gasteiger partial charge is 0.289 e. The van der Waals surface area contributed by atoms with Crippen LogP contribution in [0.3, 0.4) is 0 Å². The number of ketones is 1. The maximum Gasteiger partial charge on any atom is 0.189 e. The number of hydrogen-bond donors (Lipinski definition) is 0. The van der Waals surface area contributed by atoms with Gasteiger partial charge in [0.25, 0.3) is 0 Å². The number of carbonyl (C=O) groups excluding carboxylic acids is 1. The number of rotatable bonds is 4. The van der Waals surface area contributed by atoms with Gasteiger partial charge in [-0.25, -0.2) is 0 Å². The molecule has 0 aliphatic heterocycles. The third kappa shape index (κ3) is 4.56. The Kier molecular flexibility index (Phi) is 5.72. The SMILES string of the molecule is CC1=C/C(=C\c2ccc(N=[N+]=[N-])cc2)C(=O)C(=Cc2ccc(N=[N+]=[N-])cc2)C1. The maximum atomic E-state index is 12.9. The summed E-state index contributed by atoms with van der Waals surface area (Å²) in [5.41, 5.74) is 22.1. The number of nitrogens with zero attached hydrogens (tertiary/aromatic N) is 6. The summed E-state index contributed by atoms with van der Waals surface area (Å²) in [6.07, 6.45) is 6.16. The Labute approximate surface area is 161 Å². The summed E-state index contributed by atoms with van der Waals surface area (Å²) >= 11 is 0. The van der Waals surface area contributed by atoms with E-state index in [0.29, 0.717) is 28.9 Å². The van der Waals surface area contributed by atoms with Gasteiger partial charge in [0.1, 0.15) is 0 Å². The third-order valence-corrected chi connectivity index (χ3v) is 4.19. The van der Waals surface area contributed by atoms with Gasteiger partial charge in [-0.2, -0.15) is 0 Å². The summed E-state index contributed by atoms with van der Waals surface area (Å²) in [5.74, 6) is -0.0242. The molecule has 3 rings (SSSR count). The first-order chi connectivity index (χ1) is 13.6. The fraction of sp³-hybridized carbons (Fsp3) is 0.0952. The van der Waals surface area contributed by atoms with Crippen LogP contribution in [-0.2, 0) is 4.79 Å². The van der Waals surface area contributed by atoms with Gasteiger partial charge in [-0.1, -0.05) is 70.4 Å². The van der Waals surface area contributed by atoms with E-state index in [1.54, 1.807) is 36.4 Å². The van der Waals surface area contributed by atoms with Crippen LogP contribution >= 0.6 is 0 Å². The molecule has 28 heavy (non-hydrogen) atoms. The highest BCUT2D eigenvalue weighted by molar-refractivity contribution is 6.16. The van der Waals surface area contributed by atoms with E-state index in [4.69, 9.17) is 11.1 Å². The highest BCUT2D eigenvalue weighted by Crippen LogP contribution is 2.28. The molecule has 7 heteroatoms. The van der Waals surface area contributed by atoms with E-state index in [0.717, 1.165) is 16.7 Å². The first-order valence-electron chi connectivity index (χ1n) is 8.53. The molecule has 1 aliphatic rings. The number of hydrogen-bond acceptors (Lipinski definition) is 3. The van der Waals surface area contributed by atoms with Gasteiger partial charge in [-0.15, -0.1) is 0 Å². The zero-order valence-corrected chi connectivity index (χ0v) is 15.1. The standard InChI is InChI=1S/C21H16N6O/c1-14-10-17(12-15-2-6-19(7-3-15)24-26-22)21(28)18(11-14)13-16-4-8-20(9-5-16)25-27-23/h2-10,12-13H,11H2,1H3/b17-12+,18-13?. The van der Waals surface area contributed by atoms with Crippen LogP contribution in [0, 0.1) is 0 Å². The van der Waals surface area contributed by atoms with E-state index in [9.17, 15) is 4.79 Å². The van der Waals surface area contributed by atoms with Crippen molar-refractivity contribution in [2.45, 2.75) is 13.3 Å². The molecule has 136 valence electrons. The topological polar surface area (TPSA) is 115 Å². The molecular weight excluding hydrogens is 352 g/mol. The lowest BCUT2D eigenvalue weighted by Gasteiger charge is -2.15. The monoisotopic (exact) mass is 368 g/mol. The lowest BCUT2D eigenvalue weighted by molar-refractivity contribution is -0.112. The van der Waals surface area contributed by atoms with Crippen molar-refractivity contribution in [1.29, 1.82) is 0 Å². The predicted molar refractivity (Wildman–Crippen MR) is 110 cm³/mol. The van der Waals surface area contributed by atoms with Crippen LogP contribution in [0.5, 0.6) is 0 Å². The molecule has 7 nitrogen and oxygen atoms in total. The van der Waals surface area contributed by atoms with Crippen molar-refractivity contribution in [1.82, 2.24) is 0 Å². The van der Waals surface area contributed by atoms with Crippen LogP contribution in [0.15, 0.2) is 81.6 Å². The number of benzene rings is 2. The zero-order chi connectivity index (χ0) is 19.9. The second kappa shape index (κ2) is 8.56. The first-order valence-corrected chi connectivity index (χ1v) is 8.53. The average Bonchev–Trinajstić information content (AvgIpc) is 2.69. The summed E-state index contributed by atoms with van der Waals surface area (Å²) in [4.78, 5) is 18.4. The molecule has 0 unspecified atom stereocenters. The summed E-state index contributed by atoms with van der Waals surface area (Å²) in [6.45, 7) is 1.99. The predicted octanol–water partition coefficient (Wildman–Crippen LogP) is 6.96. The van der Waals surface area contributed by atoms with Gasteiger partial charge in [-0.05, 0) is 47.7 Å². The van der Waals surface area contributed by atoms with Crippen molar-refractivity contribution >= 4 is 29.3 Å². The van der Waals surface area contributed by atoms with E-state index in [-0.39, 0.29) is 5.78 Å². The summed E-state index contributed by atoms with van der Waals surface area (Å²) in [7, 11) is 0. The molecule has 2 aromatic rings. The fourth-order valence-corrected chi connectivity index (χ4v) is 2.93. The molecule has 0 aromatic heterocycles. The number of azide groups is 2. The maximum absolute atomic E-state index is 12.9. The molecule has 0 fully saturated rings. The van der Waals surface area contributed by atoms with Crippen molar-refractivity contribution in [2.24, 2.45) is 10.2 Å². The highest BCUT2D eigenvalue weighted by atomic mass is 16.1. The molecule has 0 amide bonds. The quantitative estimate of drug-likeness (QED) is 0.247. The minimum absolute atomic E-state index is 0.0242. The molecule has 0 atom stereocenters. The van der Waals surface area contributed by atoms with Gasteiger partial charge in [-0.3, -0.25) is 4.79 Å². The average molecular weight is 368 g/mol. The molecule has 0 saturated heterocycles. The molecule has 1 aliphatic carbocycles. The summed E-state index contributed by atoms with van der Waals surface area (Å²) in [6, 6.07) is 14.1. The minimum Gasteiger partial charge on any atom is -0.289 e. The Morgan fingerprint density at radius 3 is 1.86 bits per heavy atom. The summed E-state index contributed by atoms with van der Waals surface area (Å²) < 4.78 is 0. The molecule has 0 spiro atoms. The van der Waals surface area contributed by atoms with Gasteiger partial charge in [0.2, 0.25) is 0 Å². The van der Waals surface area contributed by atoms with Gasteiger partial charge in [0.05, 0.1) is 0 Å². The number of allylic oxidation sites excluding steroid dienone is 4. The van der Waals surface area contributed by atoms with Crippen LogP contribution in [-0.4, -0.2) is 5.78 Å². The van der Waals surface area contributed by atoms with E-state index in [1.165, 1.54) is 0 Å². The van der Waals surface area contributed by atoms with Crippen LogP contribution < -0.4 is 0 Å². The van der Waals surface area contributed by atoms with E-state index < -0.39 is 0 Å². The second-order valence-corrected chi connectivity index (χ2v) is 6.33. The van der Waals surface area contributed by atoms with Crippen molar-refractivity contribution in [2.75, 3.05) is 0 Å². The van der Waals surface area contributed by atoms with Crippen molar-refractivity contribution in [3.63, 3.8) is 0 Å². The Morgan fingerprint density at radius 2 is 1.36 bits per heavy atom. The second-order valence-electron chi connectivity index (χ2n) is 6.33. The van der Waals surface area contributed by atoms with Crippen LogP contribution in [0.2, 0.25) is 0 Å². The van der Waals surface area contributed by atoms with Crippen LogP contribution in [0.25, 0.3) is 33.0 Å². The summed E-state index contributed by atoms with van der Waals surface area (Å²) in [5, 5.41) is 7.09. The zero-order valence-electron chi connectivity index (χ0n) is 15.1. The molecule has 0 radical (unpaired) electrons. The van der Waals surface area contributed by atoms with Gasteiger partial charge in [0, 0.05) is 32.3 Å². The van der Waals surface area contributed by atoms with Gasteiger partial charge < -0.3 is 0 Å². The Bertz CT molecular complexity index is 1090. The smallest absolute Gasteiger partial charge is 0.189 e. The van der Waals surface area contributed by atoms with Gasteiger partial charge in [0.15, 0.2) is 5.78 Å². The van der Waals surface area contributed by atoms with Gasteiger partial charge >= 0.3 is 0 Å². The van der Waals surface area contributed by atoms with Crippen LogP contribution in [0.1, 0.15) is 24.5 Å². The van der Waals surface area contributed by atoms with E-state index in [1.807, 2.05) is 37.3 Å². The molecule has 0 N–H and O–H groups in total. The lowest BCUT2D eigenvalue weighted by atomic mass is 9.88. The third-order valence-electron chi connectivity index (χ3n) is 4.19. The highest BCUT2D eigenvalue weighted by Gasteiger charge is 2.19. The fourth-order valence-electron chi connectivity index (χ4n) is 2.93. The van der Waals surface area contributed by atoms with E-state index >= 15 is 0 Å². The van der Waals surface area contributed by atoms with E-state index in [2.05, 4.69) is 20.1 Å². The molecule has 0 heterocycles. The van der Waals surface area contributed by atoms with Crippen LogP contribution in [0.4, 0.5) is 11.4 Å². The Balaban J connectivity index is 1.90. The number of carbonyl (C=O) groups is 1. The number of Topliss-reactive ketones (excluding diaryl/α,β-unsaturated/α-hetero) is 1. The Hall–Kier alpha value is -4.05. The Morgan fingerprint density at radius 1 is 0.857 bits per heavy atom. The normalized spacial score (nSPS) is 16.3. The van der Waals surface area contributed by atoms with Crippen molar-refractivity contribution < 1.29 is 4.79 Å². The molecular formula is C21H16N6O. The molecule has 2 aromatic carbocycles. The molecule has 0 bridgehead atoms. The lowest BCUT2D eigenvalue weighted by Crippen LogP contribution is -2.10. The molecule has 0 saturated carbocycles. The first kappa shape index (κ1) is 18.7.